The fourth-order valence-electron chi connectivity index (χ4n) is 2.34. The van der Waals surface area contributed by atoms with Gasteiger partial charge in [0.05, 0.1) is 0 Å². The molecule has 0 aromatic heterocycles. The number of thioether (sulfide) groups is 1. The molecule has 1 saturated carbocycles. The highest BCUT2D eigenvalue weighted by atomic mass is 32.2. The van der Waals surface area contributed by atoms with E-state index in [-0.39, 0.29) is 5.82 Å². The molecular formula is C18H20FNS. The molecule has 0 atom stereocenters. The van der Waals surface area contributed by atoms with Crippen molar-refractivity contribution >= 4 is 11.8 Å². The van der Waals surface area contributed by atoms with Gasteiger partial charge in [-0.05, 0) is 37.5 Å². The van der Waals surface area contributed by atoms with Crippen molar-refractivity contribution in [2.45, 2.75) is 43.0 Å². The zero-order valence-electron chi connectivity index (χ0n) is 12.2. The second-order valence-electron chi connectivity index (χ2n) is 5.65. The van der Waals surface area contributed by atoms with E-state index in [2.05, 4.69) is 36.5 Å². The maximum absolute atomic E-state index is 14.1. The van der Waals surface area contributed by atoms with Crippen LogP contribution in [0.25, 0.3) is 0 Å². The molecule has 1 aliphatic rings. The standard InChI is InChI=1S/C18H20FNS/c1-13-4-2-5-14(10-13)12-21-18-7-3-6-17(19)16(18)11-20-15-8-9-15/h2-7,10,15,20H,8-9,11-12H2,1H3. The smallest absolute Gasteiger partial charge is 0.128 e. The van der Waals surface area contributed by atoms with Crippen molar-refractivity contribution in [1.82, 2.24) is 5.32 Å². The summed E-state index contributed by atoms with van der Waals surface area (Å²) >= 11 is 1.72. The monoisotopic (exact) mass is 301 g/mol. The van der Waals surface area contributed by atoms with Gasteiger partial charge in [0, 0.05) is 28.8 Å². The average molecular weight is 301 g/mol. The third-order valence-electron chi connectivity index (χ3n) is 3.70. The molecule has 1 nitrogen and oxygen atoms in total. The SMILES string of the molecule is Cc1cccc(CSc2cccc(F)c2CNC2CC2)c1. The van der Waals surface area contributed by atoms with Crippen molar-refractivity contribution in [2.75, 3.05) is 0 Å². The number of benzene rings is 2. The predicted octanol–water partition coefficient (Wildman–Crippen LogP) is 4.68. The van der Waals surface area contributed by atoms with Crippen molar-refractivity contribution in [3.05, 3.63) is 65.0 Å². The molecule has 0 spiro atoms. The Morgan fingerprint density at radius 2 is 2.00 bits per heavy atom. The molecule has 0 radical (unpaired) electrons. The normalized spacial score (nSPS) is 14.4. The molecular weight excluding hydrogens is 281 g/mol. The summed E-state index contributed by atoms with van der Waals surface area (Å²) in [5.74, 6) is 0.777. The van der Waals surface area contributed by atoms with Crippen LogP contribution < -0.4 is 5.32 Å². The first kappa shape index (κ1) is 14.6. The molecule has 0 heterocycles. The Hall–Kier alpha value is -1.32. The zero-order chi connectivity index (χ0) is 14.7. The van der Waals surface area contributed by atoms with Gasteiger partial charge >= 0.3 is 0 Å². The third-order valence-corrected chi connectivity index (χ3v) is 4.87. The van der Waals surface area contributed by atoms with Crippen molar-refractivity contribution in [1.29, 1.82) is 0 Å². The number of hydrogen-bond acceptors (Lipinski definition) is 2. The maximum atomic E-state index is 14.1. The maximum Gasteiger partial charge on any atom is 0.128 e. The predicted molar refractivity (Wildman–Crippen MR) is 87.0 cm³/mol. The van der Waals surface area contributed by atoms with Crippen molar-refractivity contribution in [3.8, 4) is 0 Å². The molecule has 0 amide bonds. The van der Waals surface area contributed by atoms with E-state index >= 15 is 0 Å². The first-order valence-electron chi connectivity index (χ1n) is 7.41. The summed E-state index contributed by atoms with van der Waals surface area (Å²) in [6.45, 7) is 2.73. The van der Waals surface area contributed by atoms with Crippen molar-refractivity contribution in [3.63, 3.8) is 0 Å². The van der Waals surface area contributed by atoms with Gasteiger partial charge in [0.25, 0.3) is 0 Å². The largest absolute Gasteiger partial charge is 0.310 e. The van der Waals surface area contributed by atoms with Gasteiger partial charge in [0.2, 0.25) is 0 Å². The number of halogens is 1. The second kappa shape index (κ2) is 6.63. The van der Waals surface area contributed by atoms with Crippen LogP contribution in [-0.2, 0) is 12.3 Å². The van der Waals surface area contributed by atoms with E-state index in [4.69, 9.17) is 0 Å². The van der Waals surface area contributed by atoms with Crippen LogP contribution in [0.1, 0.15) is 29.5 Å². The van der Waals surface area contributed by atoms with E-state index in [9.17, 15) is 4.39 Å². The number of aryl methyl sites for hydroxylation is 1. The molecule has 21 heavy (non-hydrogen) atoms. The van der Waals surface area contributed by atoms with Crippen LogP contribution in [0.15, 0.2) is 47.4 Å². The van der Waals surface area contributed by atoms with Gasteiger partial charge in [0.1, 0.15) is 5.82 Å². The first-order valence-corrected chi connectivity index (χ1v) is 8.40. The number of hydrogen-bond donors (Lipinski definition) is 1. The molecule has 110 valence electrons. The Morgan fingerprint density at radius 1 is 1.19 bits per heavy atom. The van der Waals surface area contributed by atoms with Crippen LogP contribution in [-0.4, -0.2) is 6.04 Å². The molecule has 3 rings (SSSR count). The summed E-state index contributed by atoms with van der Waals surface area (Å²) in [5, 5.41) is 3.41. The van der Waals surface area contributed by atoms with Crippen LogP contribution in [0, 0.1) is 12.7 Å². The quantitative estimate of drug-likeness (QED) is 0.778. The van der Waals surface area contributed by atoms with Crippen molar-refractivity contribution < 1.29 is 4.39 Å². The summed E-state index contributed by atoms with van der Waals surface area (Å²) in [6.07, 6.45) is 2.44. The summed E-state index contributed by atoms with van der Waals surface area (Å²) in [6, 6.07) is 14.5. The fraction of sp³-hybridized carbons (Fsp3) is 0.333. The minimum Gasteiger partial charge on any atom is -0.310 e. The topological polar surface area (TPSA) is 12.0 Å². The third kappa shape index (κ3) is 4.08. The van der Waals surface area contributed by atoms with E-state index in [1.54, 1.807) is 23.9 Å². The lowest BCUT2D eigenvalue weighted by atomic mass is 10.2. The van der Waals surface area contributed by atoms with E-state index < -0.39 is 0 Å². The highest BCUT2D eigenvalue weighted by Gasteiger charge is 2.21. The Kier molecular flexibility index (Phi) is 4.61. The summed E-state index contributed by atoms with van der Waals surface area (Å²) in [4.78, 5) is 1.05. The lowest BCUT2D eigenvalue weighted by Gasteiger charge is -2.11. The van der Waals surface area contributed by atoms with Gasteiger partial charge in [-0.1, -0.05) is 35.9 Å². The number of rotatable bonds is 6. The van der Waals surface area contributed by atoms with E-state index in [1.807, 2.05) is 6.07 Å². The first-order chi connectivity index (χ1) is 10.2. The molecule has 0 saturated heterocycles. The van der Waals surface area contributed by atoms with Gasteiger partial charge in [0.15, 0.2) is 0 Å². The average Bonchev–Trinajstić information content (AvgIpc) is 3.28. The Morgan fingerprint density at radius 3 is 2.76 bits per heavy atom. The lowest BCUT2D eigenvalue weighted by molar-refractivity contribution is 0.579. The van der Waals surface area contributed by atoms with Crippen LogP contribution in [0.2, 0.25) is 0 Å². The fourth-order valence-corrected chi connectivity index (χ4v) is 3.36. The van der Waals surface area contributed by atoms with Gasteiger partial charge in [-0.3, -0.25) is 0 Å². The zero-order valence-corrected chi connectivity index (χ0v) is 13.0. The second-order valence-corrected chi connectivity index (χ2v) is 6.67. The van der Waals surface area contributed by atoms with Gasteiger partial charge < -0.3 is 5.32 Å². The molecule has 1 N–H and O–H groups in total. The molecule has 3 heteroatoms. The van der Waals surface area contributed by atoms with Crippen LogP contribution in [0.3, 0.4) is 0 Å². The molecule has 0 unspecified atom stereocenters. The molecule has 0 bridgehead atoms. The van der Waals surface area contributed by atoms with Gasteiger partial charge in [-0.25, -0.2) is 4.39 Å². The molecule has 2 aromatic carbocycles. The Labute approximate surface area is 130 Å². The molecule has 1 aliphatic carbocycles. The Balaban J connectivity index is 1.70. The Bertz CT molecular complexity index is 622. The van der Waals surface area contributed by atoms with Crippen LogP contribution in [0.4, 0.5) is 4.39 Å². The summed E-state index contributed by atoms with van der Waals surface area (Å²) in [5.41, 5.74) is 3.36. The molecule has 2 aromatic rings. The number of nitrogens with one attached hydrogen (secondary N) is 1. The highest BCUT2D eigenvalue weighted by molar-refractivity contribution is 7.98. The highest BCUT2D eigenvalue weighted by Crippen LogP contribution is 2.29. The molecule has 1 fully saturated rings. The van der Waals surface area contributed by atoms with Gasteiger partial charge in [-0.2, -0.15) is 0 Å². The summed E-state index contributed by atoms with van der Waals surface area (Å²) < 4.78 is 14.1. The van der Waals surface area contributed by atoms with Crippen molar-refractivity contribution in [2.24, 2.45) is 0 Å². The van der Waals surface area contributed by atoms with E-state index in [0.29, 0.717) is 12.6 Å². The minimum atomic E-state index is -0.0996. The van der Waals surface area contributed by atoms with E-state index in [1.165, 1.54) is 24.0 Å². The minimum absolute atomic E-state index is 0.0996. The van der Waals surface area contributed by atoms with E-state index in [0.717, 1.165) is 16.2 Å². The lowest BCUT2D eigenvalue weighted by Crippen LogP contribution is -2.16. The molecule has 0 aliphatic heterocycles. The van der Waals surface area contributed by atoms with Crippen LogP contribution >= 0.6 is 11.8 Å². The van der Waals surface area contributed by atoms with Gasteiger partial charge in [-0.15, -0.1) is 11.8 Å². The summed E-state index contributed by atoms with van der Waals surface area (Å²) in [7, 11) is 0. The van der Waals surface area contributed by atoms with Crippen LogP contribution in [0.5, 0.6) is 0 Å².